The van der Waals surface area contributed by atoms with E-state index in [1.807, 2.05) is 11.8 Å². The molecule has 0 aromatic carbocycles. The molecular weight excluding hydrogens is 412 g/mol. The van der Waals surface area contributed by atoms with E-state index in [9.17, 15) is 14.4 Å². The van der Waals surface area contributed by atoms with Crippen molar-refractivity contribution in [3.63, 3.8) is 0 Å². The molecule has 3 heterocycles. The number of aromatic nitrogens is 2. The van der Waals surface area contributed by atoms with E-state index in [1.54, 1.807) is 0 Å². The SMILES string of the molecule is Cc1c(C(=O)NC2CCCCCC2)sc2ncn(CC(=O)N3CCCC[C@@H]3C)c(=O)c12. The lowest BCUT2D eigenvalue weighted by Gasteiger charge is -2.33. The number of aryl methyl sites for hydroxylation is 1. The van der Waals surface area contributed by atoms with Gasteiger partial charge in [0.25, 0.3) is 11.5 Å². The molecule has 0 spiro atoms. The zero-order valence-electron chi connectivity index (χ0n) is 18.5. The molecule has 0 bridgehead atoms. The third-order valence-corrected chi connectivity index (χ3v) is 7.94. The van der Waals surface area contributed by atoms with Gasteiger partial charge >= 0.3 is 0 Å². The van der Waals surface area contributed by atoms with Gasteiger partial charge in [0.05, 0.1) is 16.6 Å². The van der Waals surface area contributed by atoms with Gasteiger partial charge < -0.3 is 10.2 Å². The second-order valence-corrected chi connectivity index (χ2v) is 10.0. The van der Waals surface area contributed by atoms with Gasteiger partial charge in [0.1, 0.15) is 11.4 Å². The molecule has 31 heavy (non-hydrogen) atoms. The number of amides is 2. The maximum Gasteiger partial charge on any atom is 0.262 e. The van der Waals surface area contributed by atoms with Crippen LogP contribution in [-0.4, -0.2) is 44.9 Å². The molecule has 168 valence electrons. The molecule has 7 nitrogen and oxygen atoms in total. The second kappa shape index (κ2) is 9.51. The van der Waals surface area contributed by atoms with Crippen LogP contribution in [0.4, 0.5) is 0 Å². The third-order valence-electron chi connectivity index (χ3n) is 6.74. The number of thiophene rings is 1. The Morgan fingerprint density at radius 2 is 1.84 bits per heavy atom. The summed E-state index contributed by atoms with van der Waals surface area (Å²) in [5.41, 5.74) is 0.419. The van der Waals surface area contributed by atoms with Crippen LogP contribution in [0.2, 0.25) is 0 Å². The molecule has 2 aromatic heterocycles. The molecular formula is C23H32N4O3S. The summed E-state index contributed by atoms with van der Waals surface area (Å²) in [6.07, 6.45) is 11.4. The van der Waals surface area contributed by atoms with E-state index in [2.05, 4.69) is 17.2 Å². The Balaban J connectivity index is 1.55. The van der Waals surface area contributed by atoms with Crippen molar-refractivity contribution in [1.29, 1.82) is 0 Å². The van der Waals surface area contributed by atoms with Crippen molar-refractivity contribution in [3.05, 3.63) is 27.1 Å². The van der Waals surface area contributed by atoms with Crippen LogP contribution >= 0.6 is 11.3 Å². The van der Waals surface area contributed by atoms with E-state index < -0.39 is 0 Å². The van der Waals surface area contributed by atoms with Crippen molar-refractivity contribution in [1.82, 2.24) is 19.8 Å². The van der Waals surface area contributed by atoms with Gasteiger partial charge in [-0.25, -0.2) is 4.98 Å². The standard InChI is InChI=1S/C23H32N4O3S/c1-15-9-7-8-12-27(15)18(28)13-26-14-24-22-19(23(26)30)16(2)20(31-22)21(29)25-17-10-5-3-4-6-11-17/h14-15,17H,3-13H2,1-2H3,(H,25,29)/t15-/m0/s1. The van der Waals surface area contributed by atoms with Gasteiger partial charge in [-0.3, -0.25) is 19.0 Å². The Morgan fingerprint density at radius 1 is 1.13 bits per heavy atom. The minimum Gasteiger partial charge on any atom is -0.349 e. The smallest absolute Gasteiger partial charge is 0.262 e. The van der Waals surface area contributed by atoms with Crippen LogP contribution in [0.25, 0.3) is 10.2 Å². The maximum atomic E-state index is 13.1. The van der Waals surface area contributed by atoms with Crippen molar-refractivity contribution in [2.24, 2.45) is 0 Å². The largest absolute Gasteiger partial charge is 0.349 e. The van der Waals surface area contributed by atoms with Gasteiger partial charge in [0, 0.05) is 18.6 Å². The van der Waals surface area contributed by atoms with Crippen LogP contribution in [0.3, 0.4) is 0 Å². The van der Waals surface area contributed by atoms with Crippen LogP contribution in [0, 0.1) is 6.92 Å². The van der Waals surface area contributed by atoms with Crippen molar-refractivity contribution in [3.8, 4) is 0 Å². The summed E-state index contributed by atoms with van der Waals surface area (Å²) >= 11 is 1.26. The minimum atomic E-state index is -0.245. The highest BCUT2D eigenvalue weighted by Gasteiger charge is 2.25. The average molecular weight is 445 g/mol. The molecule has 2 fully saturated rings. The van der Waals surface area contributed by atoms with Crippen molar-refractivity contribution >= 4 is 33.4 Å². The van der Waals surface area contributed by atoms with Gasteiger partial charge in [-0.1, -0.05) is 25.7 Å². The van der Waals surface area contributed by atoms with E-state index in [-0.39, 0.29) is 36.0 Å². The first-order valence-electron chi connectivity index (χ1n) is 11.5. The lowest BCUT2D eigenvalue weighted by molar-refractivity contribution is -0.135. The van der Waals surface area contributed by atoms with E-state index >= 15 is 0 Å². The van der Waals surface area contributed by atoms with Crippen LogP contribution in [0.5, 0.6) is 0 Å². The quantitative estimate of drug-likeness (QED) is 0.730. The van der Waals surface area contributed by atoms with Crippen molar-refractivity contribution < 1.29 is 9.59 Å². The number of rotatable bonds is 4. The van der Waals surface area contributed by atoms with E-state index in [0.29, 0.717) is 20.7 Å². The molecule has 2 aromatic rings. The van der Waals surface area contributed by atoms with Gasteiger partial charge in [0.2, 0.25) is 5.91 Å². The van der Waals surface area contributed by atoms with E-state index in [4.69, 9.17) is 0 Å². The Kier molecular flexibility index (Phi) is 6.74. The molecule has 1 atom stereocenters. The molecule has 1 N–H and O–H groups in total. The number of fused-ring (bicyclic) bond motifs is 1. The predicted molar refractivity (Wildman–Crippen MR) is 123 cm³/mol. The first kappa shape index (κ1) is 22.0. The first-order chi connectivity index (χ1) is 15.0. The summed E-state index contributed by atoms with van der Waals surface area (Å²) in [4.78, 5) is 46.3. The Labute approximate surface area is 186 Å². The second-order valence-electron chi connectivity index (χ2n) is 9.01. The van der Waals surface area contributed by atoms with Gasteiger partial charge in [-0.05, 0) is 51.5 Å². The fourth-order valence-corrected chi connectivity index (χ4v) is 5.91. The summed E-state index contributed by atoms with van der Waals surface area (Å²) in [5.74, 6) is -0.161. The molecule has 0 radical (unpaired) electrons. The summed E-state index contributed by atoms with van der Waals surface area (Å²) in [5, 5.41) is 3.62. The third kappa shape index (κ3) is 4.68. The number of hydrogen-bond acceptors (Lipinski definition) is 5. The number of nitrogens with zero attached hydrogens (tertiary/aromatic N) is 3. The normalized spacial score (nSPS) is 20.6. The molecule has 2 amide bonds. The molecule has 4 rings (SSSR count). The Morgan fingerprint density at radius 3 is 2.55 bits per heavy atom. The molecule has 1 aliphatic heterocycles. The van der Waals surface area contributed by atoms with E-state index in [0.717, 1.165) is 51.5 Å². The highest BCUT2D eigenvalue weighted by atomic mass is 32.1. The lowest BCUT2D eigenvalue weighted by atomic mass is 10.0. The van der Waals surface area contributed by atoms with Gasteiger partial charge in [-0.15, -0.1) is 11.3 Å². The van der Waals surface area contributed by atoms with E-state index in [1.165, 1.54) is 35.1 Å². The average Bonchev–Trinajstić information content (AvgIpc) is 2.91. The summed E-state index contributed by atoms with van der Waals surface area (Å²) < 4.78 is 1.39. The number of piperidine rings is 1. The predicted octanol–water partition coefficient (Wildman–Crippen LogP) is 3.62. The minimum absolute atomic E-state index is 0.00892. The molecule has 0 unspecified atom stereocenters. The zero-order valence-corrected chi connectivity index (χ0v) is 19.3. The maximum absolute atomic E-state index is 13.1. The van der Waals surface area contributed by atoms with Gasteiger partial charge in [0.15, 0.2) is 0 Å². The molecule has 1 aliphatic carbocycles. The highest BCUT2D eigenvalue weighted by Crippen LogP contribution is 2.27. The zero-order chi connectivity index (χ0) is 22.0. The fourth-order valence-electron chi connectivity index (χ4n) is 4.87. The fraction of sp³-hybridized carbons (Fsp3) is 0.652. The summed E-state index contributed by atoms with van der Waals surface area (Å²) in [7, 11) is 0. The molecule has 1 saturated carbocycles. The summed E-state index contributed by atoms with van der Waals surface area (Å²) in [6.45, 7) is 4.60. The highest BCUT2D eigenvalue weighted by molar-refractivity contribution is 7.20. The van der Waals surface area contributed by atoms with Crippen molar-refractivity contribution in [2.45, 2.75) is 90.3 Å². The number of hydrogen-bond donors (Lipinski definition) is 1. The molecule has 2 aliphatic rings. The molecule has 1 saturated heterocycles. The monoisotopic (exact) mass is 444 g/mol. The summed E-state index contributed by atoms with van der Waals surface area (Å²) in [6, 6.07) is 0.407. The lowest BCUT2D eigenvalue weighted by Crippen LogP contribution is -2.44. The Hall–Kier alpha value is -2.22. The number of likely N-dealkylation sites (tertiary alicyclic amines) is 1. The van der Waals surface area contributed by atoms with Crippen LogP contribution in [0.1, 0.15) is 79.9 Å². The van der Waals surface area contributed by atoms with Crippen LogP contribution in [0.15, 0.2) is 11.1 Å². The number of carbonyl (C=O) groups is 2. The number of nitrogens with one attached hydrogen (secondary N) is 1. The first-order valence-corrected chi connectivity index (χ1v) is 12.4. The Bertz CT molecular complexity index is 1020. The molecule has 8 heteroatoms. The van der Waals surface area contributed by atoms with Crippen molar-refractivity contribution in [2.75, 3.05) is 6.54 Å². The van der Waals surface area contributed by atoms with Gasteiger partial charge in [-0.2, -0.15) is 0 Å². The van der Waals surface area contributed by atoms with Crippen LogP contribution < -0.4 is 10.9 Å². The van der Waals surface area contributed by atoms with Crippen LogP contribution in [-0.2, 0) is 11.3 Å². The topological polar surface area (TPSA) is 84.3 Å². The number of carbonyl (C=O) groups excluding carboxylic acids is 2.